The number of hydrogen-bond donors (Lipinski definition) is 3. The first-order valence-corrected chi connectivity index (χ1v) is 8.34. The lowest BCUT2D eigenvalue weighted by atomic mass is 10.0. The Morgan fingerprint density at radius 1 is 1.22 bits per heavy atom. The molecule has 2 aromatic carbocycles. The van der Waals surface area contributed by atoms with Gasteiger partial charge >= 0.3 is 5.97 Å². The van der Waals surface area contributed by atoms with Gasteiger partial charge < -0.3 is 20.7 Å². The van der Waals surface area contributed by atoms with Crippen molar-refractivity contribution in [3.05, 3.63) is 83.2 Å². The summed E-state index contributed by atoms with van der Waals surface area (Å²) in [5.74, 6) is -0.956. The van der Waals surface area contributed by atoms with Gasteiger partial charge in [0.2, 0.25) is 0 Å². The highest BCUT2D eigenvalue weighted by Crippen LogP contribution is 2.27. The minimum Gasteiger partial charge on any atom is -0.464 e. The van der Waals surface area contributed by atoms with E-state index in [0.717, 1.165) is 11.1 Å². The van der Waals surface area contributed by atoms with Crippen LogP contribution in [0.5, 0.6) is 0 Å². The molecule has 27 heavy (non-hydrogen) atoms. The second kappa shape index (κ2) is 7.74. The zero-order chi connectivity index (χ0) is 19.4. The molecule has 2 aromatic rings. The number of hydrogen-bond acceptors (Lipinski definition) is 5. The molecule has 3 rings (SSSR count). The third kappa shape index (κ3) is 3.98. The molecule has 1 aliphatic rings. The average molecular weight is 364 g/mol. The van der Waals surface area contributed by atoms with Crippen molar-refractivity contribution in [3.8, 4) is 0 Å². The van der Waals surface area contributed by atoms with Crippen molar-refractivity contribution in [1.29, 1.82) is 5.41 Å². The van der Waals surface area contributed by atoms with E-state index in [1.54, 1.807) is 29.3 Å². The first kappa shape index (κ1) is 18.2. The molecule has 0 radical (unpaired) electrons. The van der Waals surface area contributed by atoms with Gasteiger partial charge in [0.25, 0.3) is 5.91 Å². The van der Waals surface area contributed by atoms with Crippen LogP contribution in [0.25, 0.3) is 0 Å². The Morgan fingerprint density at radius 2 is 1.96 bits per heavy atom. The predicted molar refractivity (Wildman–Crippen MR) is 100 cm³/mol. The number of esters is 1. The Bertz CT molecular complexity index is 908. The third-order valence-electron chi connectivity index (χ3n) is 4.26. The number of amidine groups is 1. The van der Waals surface area contributed by atoms with E-state index in [2.05, 4.69) is 5.32 Å². The number of nitrogens with zero attached hydrogens (tertiary/aromatic N) is 1. The maximum absolute atomic E-state index is 12.7. The number of benzene rings is 2. The van der Waals surface area contributed by atoms with Crippen LogP contribution in [0.15, 0.2) is 66.5 Å². The molecule has 138 valence electrons. The van der Waals surface area contributed by atoms with Crippen LogP contribution in [0.1, 0.15) is 22.7 Å². The van der Waals surface area contributed by atoms with Gasteiger partial charge in [-0.1, -0.05) is 48.5 Å². The number of rotatable bonds is 5. The summed E-state index contributed by atoms with van der Waals surface area (Å²) in [6.45, 7) is 0.356. The Hall–Kier alpha value is -3.61. The average Bonchev–Trinajstić information content (AvgIpc) is 2.68. The maximum Gasteiger partial charge on any atom is 0.356 e. The molecule has 1 aliphatic heterocycles. The van der Waals surface area contributed by atoms with E-state index in [0.29, 0.717) is 12.1 Å². The van der Waals surface area contributed by atoms with Crippen molar-refractivity contribution in [3.63, 3.8) is 0 Å². The van der Waals surface area contributed by atoms with E-state index in [9.17, 15) is 9.59 Å². The molecule has 1 amide bonds. The smallest absolute Gasteiger partial charge is 0.356 e. The van der Waals surface area contributed by atoms with Gasteiger partial charge in [0.1, 0.15) is 17.6 Å². The van der Waals surface area contributed by atoms with Crippen LogP contribution in [0.2, 0.25) is 0 Å². The summed E-state index contributed by atoms with van der Waals surface area (Å²) in [7, 11) is 1.26. The van der Waals surface area contributed by atoms with Crippen LogP contribution in [0, 0.1) is 5.41 Å². The van der Waals surface area contributed by atoms with Crippen LogP contribution in [-0.2, 0) is 20.9 Å². The lowest BCUT2D eigenvalue weighted by Gasteiger charge is -2.34. The summed E-state index contributed by atoms with van der Waals surface area (Å²) in [4.78, 5) is 26.4. The van der Waals surface area contributed by atoms with Gasteiger partial charge in [-0.25, -0.2) is 4.79 Å². The highest BCUT2D eigenvalue weighted by molar-refractivity contribution is 5.97. The second-order valence-corrected chi connectivity index (χ2v) is 6.12. The SMILES string of the molecule is COC(=O)C1=CN(Cc2cccc(C(=N)N)c2)C(c2ccccc2)C(=O)N1. The molecule has 0 aromatic heterocycles. The molecule has 0 saturated heterocycles. The number of ether oxygens (including phenoxy) is 1. The molecule has 1 atom stereocenters. The third-order valence-corrected chi connectivity index (χ3v) is 4.26. The van der Waals surface area contributed by atoms with E-state index < -0.39 is 12.0 Å². The molecule has 1 heterocycles. The van der Waals surface area contributed by atoms with E-state index in [1.807, 2.05) is 36.4 Å². The van der Waals surface area contributed by atoms with Crippen LogP contribution < -0.4 is 11.1 Å². The first-order chi connectivity index (χ1) is 13.0. The van der Waals surface area contributed by atoms with Crippen LogP contribution >= 0.6 is 0 Å². The van der Waals surface area contributed by atoms with Crippen molar-refractivity contribution in [2.45, 2.75) is 12.6 Å². The van der Waals surface area contributed by atoms with Gasteiger partial charge in [0.05, 0.1) is 7.11 Å². The molecule has 7 heteroatoms. The zero-order valence-electron chi connectivity index (χ0n) is 14.8. The largest absolute Gasteiger partial charge is 0.464 e. The summed E-state index contributed by atoms with van der Waals surface area (Å²) >= 11 is 0. The molecule has 4 N–H and O–H groups in total. The predicted octanol–water partition coefficient (Wildman–Crippen LogP) is 1.66. The van der Waals surface area contributed by atoms with Crippen molar-refractivity contribution < 1.29 is 14.3 Å². The molecule has 1 unspecified atom stereocenters. The van der Waals surface area contributed by atoms with Gasteiger partial charge in [-0.3, -0.25) is 10.2 Å². The topological polar surface area (TPSA) is 109 Å². The van der Waals surface area contributed by atoms with Gasteiger partial charge in [-0.2, -0.15) is 0 Å². The summed E-state index contributed by atoms with van der Waals surface area (Å²) in [5, 5.41) is 10.2. The van der Waals surface area contributed by atoms with Crippen LogP contribution in [0.3, 0.4) is 0 Å². The van der Waals surface area contributed by atoms with Crippen molar-refractivity contribution in [2.75, 3.05) is 7.11 Å². The fourth-order valence-electron chi connectivity index (χ4n) is 3.00. The highest BCUT2D eigenvalue weighted by Gasteiger charge is 2.33. The summed E-state index contributed by atoms with van der Waals surface area (Å²) in [6.07, 6.45) is 1.59. The number of nitrogens with one attached hydrogen (secondary N) is 2. The summed E-state index contributed by atoms with van der Waals surface area (Å²) < 4.78 is 4.73. The monoisotopic (exact) mass is 364 g/mol. The molecule has 0 bridgehead atoms. The highest BCUT2D eigenvalue weighted by atomic mass is 16.5. The number of nitrogens with two attached hydrogens (primary N) is 1. The Kier molecular flexibility index (Phi) is 5.21. The number of amides is 1. The summed E-state index contributed by atoms with van der Waals surface area (Å²) in [5.41, 5.74) is 7.91. The lowest BCUT2D eigenvalue weighted by molar-refractivity contribution is -0.139. The zero-order valence-corrected chi connectivity index (χ0v) is 14.8. The van der Waals surface area contributed by atoms with Crippen molar-refractivity contribution >= 4 is 17.7 Å². The maximum atomic E-state index is 12.7. The molecule has 7 nitrogen and oxygen atoms in total. The molecule has 0 spiro atoms. The van der Waals surface area contributed by atoms with Gasteiger partial charge in [-0.15, -0.1) is 0 Å². The first-order valence-electron chi connectivity index (χ1n) is 8.34. The number of nitrogen functional groups attached to an aromatic ring is 1. The lowest BCUT2D eigenvalue weighted by Crippen LogP contribution is -2.44. The van der Waals surface area contributed by atoms with Crippen molar-refractivity contribution in [1.82, 2.24) is 10.2 Å². The quantitative estimate of drug-likeness (QED) is 0.425. The molecule has 0 fully saturated rings. The van der Waals surface area contributed by atoms with Gasteiger partial charge in [0, 0.05) is 18.3 Å². The van der Waals surface area contributed by atoms with Crippen molar-refractivity contribution in [2.24, 2.45) is 5.73 Å². The molecule has 0 saturated carbocycles. The van der Waals surface area contributed by atoms with E-state index >= 15 is 0 Å². The fraction of sp³-hybridized carbons (Fsp3) is 0.150. The van der Waals surface area contributed by atoms with Gasteiger partial charge in [-0.05, 0) is 17.2 Å². The Balaban J connectivity index is 1.99. The fourth-order valence-corrected chi connectivity index (χ4v) is 3.00. The number of carbonyl (C=O) groups is 2. The molecular formula is C20H20N4O3. The van der Waals surface area contributed by atoms with Gasteiger partial charge in [0.15, 0.2) is 0 Å². The molecule has 0 aliphatic carbocycles. The number of methoxy groups -OCH3 is 1. The minimum atomic E-state index is -0.614. The Morgan fingerprint density at radius 3 is 2.63 bits per heavy atom. The normalized spacial score (nSPS) is 16.3. The Labute approximate surface area is 156 Å². The van der Waals surface area contributed by atoms with E-state index in [-0.39, 0.29) is 17.4 Å². The standard InChI is InChI=1S/C20H20N4O3/c1-27-20(26)16-12-24(11-13-6-5-9-15(10-13)18(21)22)17(19(25)23-16)14-7-3-2-4-8-14/h2-10,12,17H,11H2,1H3,(H3,21,22)(H,23,25). The minimum absolute atomic E-state index is 0.0290. The van der Waals surface area contributed by atoms with E-state index in [1.165, 1.54) is 7.11 Å². The van der Waals surface area contributed by atoms with Crippen LogP contribution in [0.4, 0.5) is 0 Å². The number of carbonyl (C=O) groups excluding carboxylic acids is 2. The molecular weight excluding hydrogens is 344 g/mol. The second-order valence-electron chi connectivity index (χ2n) is 6.12. The van der Waals surface area contributed by atoms with E-state index in [4.69, 9.17) is 15.9 Å². The van der Waals surface area contributed by atoms with Crippen LogP contribution in [-0.4, -0.2) is 29.7 Å². The summed E-state index contributed by atoms with van der Waals surface area (Å²) in [6, 6.07) is 15.9.